The van der Waals surface area contributed by atoms with Crippen molar-refractivity contribution < 1.29 is 9.21 Å². The van der Waals surface area contributed by atoms with Crippen LogP contribution in [0.15, 0.2) is 22.6 Å². The van der Waals surface area contributed by atoms with E-state index in [1.54, 1.807) is 12.1 Å². The molecule has 0 N–H and O–H groups in total. The highest BCUT2D eigenvalue weighted by molar-refractivity contribution is 5.72. The summed E-state index contributed by atoms with van der Waals surface area (Å²) in [6, 6.07) is 5.00. The highest BCUT2D eigenvalue weighted by atomic mass is 16.3. The van der Waals surface area contributed by atoms with Crippen molar-refractivity contribution in [1.29, 1.82) is 5.26 Å². The van der Waals surface area contributed by atoms with Crippen LogP contribution in [-0.4, -0.2) is 6.29 Å². The van der Waals surface area contributed by atoms with E-state index in [0.717, 1.165) is 0 Å². The van der Waals surface area contributed by atoms with Gasteiger partial charge in [-0.15, -0.1) is 0 Å². The van der Waals surface area contributed by atoms with Crippen molar-refractivity contribution >= 4 is 12.4 Å². The zero-order chi connectivity index (χ0) is 8.10. The average Bonchev–Trinajstić information content (AvgIpc) is 2.48. The summed E-state index contributed by atoms with van der Waals surface area (Å²) < 4.78 is 4.93. The van der Waals surface area contributed by atoms with Gasteiger partial charge in [0.2, 0.25) is 5.76 Å². The first-order valence-corrected chi connectivity index (χ1v) is 2.98. The van der Waals surface area contributed by atoms with Gasteiger partial charge in [-0.1, -0.05) is 0 Å². The van der Waals surface area contributed by atoms with E-state index in [0.29, 0.717) is 12.0 Å². The molecule has 1 rings (SSSR count). The standard InChI is InChI=1S/C8H5NO2/c9-6-8-4-3-7(11-8)2-1-5-10/h1-5H. The maximum Gasteiger partial charge on any atom is 0.204 e. The Kier molecular flexibility index (Phi) is 2.24. The summed E-state index contributed by atoms with van der Waals surface area (Å²) in [5.41, 5.74) is 0. The minimum Gasteiger partial charge on any atom is -0.446 e. The topological polar surface area (TPSA) is 54.0 Å². The lowest BCUT2D eigenvalue weighted by molar-refractivity contribution is -0.104. The molecular weight excluding hydrogens is 142 g/mol. The lowest BCUT2D eigenvalue weighted by Gasteiger charge is -1.78. The Morgan fingerprint density at radius 2 is 2.36 bits per heavy atom. The molecule has 0 aliphatic carbocycles. The lowest BCUT2D eigenvalue weighted by atomic mass is 10.4. The Hall–Kier alpha value is -1.82. The number of aldehydes is 1. The van der Waals surface area contributed by atoms with Crippen LogP contribution in [0.4, 0.5) is 0 Å². The molecule has 0 radical (unpaired) electrons. The van der Waals surface area contributed by atoms with Gasteiger partial charge in [0.15, 0.2) is 0 Å². The third-order valence-electron chi connectivity index (χ3n) is 1.08. The molecule has 0 aliphatic heterocycles. The molecule has 1 aromatic rings. The van der Waals surface area contributed by atoms with Gasteiger partial charge in [-0.2, -0.15) is 5.26 Å². The Balaban J connectivity index is 2.82. The van der Waals surface area contributed by atoms with Crippen molar-refractivity contribution in [2.75, 3.05) is 0 Å². The monoisotopic (exact) mass is 147 g/mol. The van der Waals surface area contributed by atoms with Crippen molar-refractivity contribution in [2.45, 2.75) is 0 Å². The maximum absolute atomic E-state index is 9.86. The van der Waals surface area contributed by atoms with Gasteiger partial charge in [-0.05, 0) is 24.3 Å². The number of nitrogens with zero attached hydrogens (tertiary/aromatic N) is 1. The van der Waals surface area contributed by atoms with Crippen molar-refractivity contribution in [1.82, 2.24) is 0 Å². The van der Waals surface area contributed by atoms with Crippen LogP contribution in [0, 0.1) is 11.3 Å². The van der Waals surface area contributed by atoms with Crippen molar-refractivity contribution in [3.63, 3.8) is 0 Å². The van der Waals surface area contributed by atoms with Crippen LogP contribution >= 0.6 is 0 Å². The van der Waals surface area contributed by atoms with E-state index in [2.05, 4.69) is 0 Å². The van der Waals surface area contributed by atoms with Crippen LogP contribution < -0.4 is 0 Å². The Morgan fingerprint density at radius 1 is 1.55 bits per heavy atom. The van der Waals surface area contributed by atoms with Crippen LogP contribution in [-0.2, 0) is 4.79 Å². The number of hydrogen-bond donors (Lipinski definition) is 0. The molecule has 1 aromatic heterocycles. The van der Waals surface area contributed by atoms with E-state index in [4.69, 9.17) is 9.68 Å². The number of rotatable bonds is 2. The van der Waals surface area contributed by atoms with E-state index >= 15 is 0 Å². The molecule has 0 saturated heterocycles. The largest absolute Gasteiger partial charge is 0.446 e. The van der Waals surface area contributed by atoms with Crippen molar-refractivity contribution in [3.05, 3.63) is 29.7 Å². The van der Waals surface area contributed by atoms with Gasteiger partial charge in [0.25, 0.3) is 0 Å². The number of carbonyl (C=O) groups is 1. The van der Waals surface area contributed by atoms with E-state index in [-0.39, 0.29) is 5.76 Å². The highest BCUT2D eigenvalue weighted by Crippen LogP contribution is 2.07. The van der Waals surface area contributed by atoms with Crippen LogP contribution in [0.3, 0.4) is 0 Å². The first kappa shape index (κ1) is 7.29. The van der Waals surface area contributed by atoms with Gasteiger partial charge < -0.3 is 4.42 Å². The summed E-state index contributed by atoms with van der Waals surface area (Å²) in [7, 11) is 0. The second kappa shape index (κ2) is 3.37. The van der Waals surface area contributed by atoms with Crippen LogP contribution in [0.25, 0.3) is 6.08 Å². The van der Waals surface area contributed by atoms with Gasteiger partial charge >= 0.3 is 0 Å². The molecule has 0 unspecified atom stereocenters. The summed E-state index contributed by atoms with van der Waals surface area (Å²) in [5.74, 6) is 0.754. The molecule has 0 aromatic carbocycles. The van der Waals surface area contributed by atoms with Gasteiger partial charge in [-0.25, -0.2) is 0 Å². The number of allylic oxidation sites excluding steroid dienone is 1. The zero-order valence-electron chi connectivity index (χ0n) is 5.65. The third kappa shape index (κ3) is 1.80. The molecule has 1 heterocycles. The molecule has 54 valence electrons. The fourth-order valence-corrected chi connectivity index (χ4v) is 0.637. The lowest BCUT2D eigenvalue weighted by Crippen LogP contribution is -1.62. The molecule has 0 fully saturated rings. The normalized spacial score (nSPS) is 9.73. The van der Waals surface area contributed by atoms with E-state index < -0.39 is 0 Å². The van der Waals surface area contributed by atoms with Crippen LogP contribution in [0.1, 0.15) is 11.5 Å². The predicted molar refractivity (Wildman–Crippen MR) is 38.5 cm³/mol. The molecule has 11 heavy (non-hydrogen) atoms. The Morgan fingerprint density at radius 3 is 2.91 bits per heavy atom. The minimum absolute atomic E-state index is 0.246. The van der Waals surface area contributed by atoms with Crippen LogP contribution in [0.5, 0.6) is 0 Å². The van der Waals surface area contributed by atoms with E-state index in [1.165, 1.54) is 12.2 Å². The Bertz CT molecular complexity index is 317. The first-order chi connectivity index (χ1) is 5.36. The first-order valence-electron chi connectivity index (χ1n) is 2.98. The second-order valence-corrected chi connectivity index (χ2v) is 1.81. The fraction of sp³-hybridized carbons (Fsp3) is 0. The minimum atomic E-state index is 0.246. The zero-order valence-corrected chi connectivity index (χ0v) is 5.65. The highest BCUT2D eigenvalue weighted by Gasteiger charge is 1.94. The number of hydrogen-bond acceptors (Lipinski definition) is 3. The van der Waals surface area contributed by atoms with Gasteiger partial charge in [0.1, 0.15) is 18.1 Å². The molecule has 0 spiro atoms. The summed E-state index contributed by atoms with van der Waals surface area (Å²) >= 11 is 0. The number of furan rings is 1. The molecule has 0 aliphatic rings. The molecule has 0 saturated carbocycles. The molecule has 0 atom stereocenters. The van der Waals surface area contributed by atoms with E-state index in [1.807, 2.05) is 6.07 Å². The fourth-order valence-electron chi connectivity index (χ4n) is 0.637. The summed E-state index contributed by atoms with van der Waals surface area (Å²) in [6.07, 6.45) is 3.45. The smallest absolute Gasteiger partial charge is 0.204 e. The molecule has 3 nitrogen and oxygen atoms in total. The van der Waals surface area contributed by atoms with Gasteiger partial charge in [0, 0.05) is 0 Å². The van der Waals surface area contributed by atoms with E-state index in [9.17, 15) is 4.79 Å². The number of nitriles is 1. The van der Waals surface area contributed by atoms with Crippen LogP contribution in [0.2, 0.25) is 0 Å². The second-order valence-electron chi connectivity index (χ2n) is 1.81. The predicted octanol–water partition coefficient (Wildman–Crippen LogP) is 1.36. The van der Waals surface area contributed by atoms with Gasteiger partial charge in [-0.3, -0.25) is 4.79 Å². The molecule has 0 amide bonds. The Labute approximate surface area is 63.5 Å². The van der Waals surface area contributed by atoms with Crippen molar-refractivity contribution in [3.8, 4) is 6.07 Å². The average molecular weight is 147 g/mol. The third-order valence-corrected chi connectivity index (χ3v) is 1.08. The quantitative estimate of drug-likeness (QED) is 0.468. The summed E-state index contributed by atoms with van der Waals surface area (Å²) in [5, 5.41) is 8.34. The molecule has 3 heteroatoms. The molecule has 0 bridgehead atoms. The van der Waals surface area contributed by atoms with Gasteiger partial charge in [0.05, 0.1) is 0 Å². The summed E-state index contributed by atoms with van der Waals surface area (Å²) in [6.45, 7) is 0. The summed E-state index contributed by atoms with van der Waals surface area (Å²) in [4.78, 5) is 9.86. The number of carbonyl (C=O) groups excluding carboxylic acids is 1. The maximum atomic E-state index is 9.86. The SMILES string of the molecule is N#Cc1ccc(C=CC=O)o1. The van der Waals surface area contributed by atoms with Crippen molar-refractivity contribution in [2.24, 2.45) is 0 Å². The molecular formula is C8H5NO2.